The van der Waals surface area contributed by atoms with E-state index in [4.69, 9.17) is 4.74 Å². The third-order valence-electron chi connectivity index (χ3n) is 4.42. The normalized spacial score (nSPS) is 11.8. The highest BCUT2D eigenvalue weighted by molar-refractivity contribution is 7.99. The number of esters is 1. The van der Waals surface area contributed by atoms with Crippen molar-refractivity contribution >= 4 is 34.4 Å². The number of nitrogens with one attached hydrogen (secondary N) is 1. The van der Waals surface area contributed by atoms with E-state index in [1.807, 2.05) is 49.4 Å². The molecule has 0 saturated carbocycles. The molecule has 0 bridgehead atoms. The summed E-state index contributed by atoms with van der Waals surface area (Å²) in [4.78, 5) is 24.9. The number of hydrogen-bond donors (Lipinski definition) is 1. The highest BCUT2D eigenvalue weighted by Gasteiger charge is 2.14. The molecule has 4 nitrogen and oxygen atoms in total. The summed E-state index contributed by atoms with van der Waals surface area (Å²) >= 11 is 1.43. The SMILES string of the molecule is CC(NC(=O)COC(=O)CCSc1ccc(F)cc1)c1cccc2ccccc12. The molecule has 1 atom stereocenters. The van der Waals surface area contributed by atoms with Gasteiger partial charge in [0.25, 0.3) is 5.91 Å². The number of benzene rings is 3. The topological polar surface area (TPSA) is 55.4 Å². The Bertz CT molecular complexity index is 986. The average molecular weight is 411 g/mol. The van der Waals surface area contributed by atoms with Crippen molar-refractivity contribution in [1.82, 2.24) is 5.32 Å². The van der Waals surface area contributed by atoms with Gasteiger partial charge in [-0.15, -0.1) is 11.8 Å². The fraction of sp³-hybridized carbons (Fsp3) is 0.217. The molecule has 0 fully saturated rings. The van der Waals surface area contributed by atoms with Crippen LogP contribution in [-0.2, 0) is 14.3 Å². The molecule has 0 saturated heterocycles. The molecule has 0 aliphatic carbocycles. The minimum Gasteiger partial charge on any atom is -0.456 e. The molecule has 3 aromatic rings. The van der Waals surface area contributed by atoms with Crippen molar-refractivity contribution in [3.05, 3.63) is 78.1 Å². The summed E-state index contributed by atoms with van der Waals surface area (Å²) in [5, 5.41) is 5.06. The number of rotatable bonds is 8. The molecular weight excluding hydrogens is 389 g/mol. The van der Waals surface area contributed by atoms with Crippen molar-refractivity contribution in [3.63, 3.8) is 0 Å². The Kier molecular flexibility index (Phi) is 7.25. The van der Waals surface area contributed by atoms with Crippen LogP contribution in [0.1, 0.15) is 24.9 Å². The molecule has 150 valence electrons. The Morgan fingerprint density at radius 2 is 1.76 bits per heavy atom. The lowest BCUT2D eigenvalue weighted by atomic mass is 10.00. The molecule has 3 aromatic carbocycles. The summed E-state index contributed by atoms with van der Waals surface area (Å²) < 4.78 is 17.9. The fourth-order valence-electron chi connectivity index (χ4n) is 2.99. The Balaban J connectivity index is 1.43. The molecule has 1 amide bonds. The lowest BCUT2D eigenvalue weighted by Gasteiger charge is -2.16. The van der Waals surface area contributed by atoms with Crippen LogP contribution >= 0.6 is 11.8 Å². The van der Waals surface area contributed by atoms with Crippen molar-refractivity contribution < 1.29 is 18.7 Å². The largest absolute Gasteiger partial charge is 0.456 e. The van der Waals surface area contributed by atoms with Crippen molar-refractivity contribution in [2.45, 2.75) is 24.3 Å². The molecule has 0 aromatic heterocycles. The first-order valence-corrected chi connectivity index (χ1v) is 10.3. The van der Waals surface area contributed by atoms with Gasteiger partial charge in [-0.2, -0.15) is 0 Å². The number of hydrogen-bond acceptors (Lipinski definition) is 4. The zero-order valence-electron chi connectivity index (χ0n) is 16.1. The summed E-state index contributed by atoms with van der Waals surface area (Å²) in [7, 11) is 0. The second-order valence-electron chi connectivity index (χ2n) is 6.57. The quantitative estimate of drug-likeness (QED) is 0.424. The Morgan fingerprint density at radius 3 is 2.55 bits per heavy atom. The molecular formula is C23H22FNO3S. The Morgan fingerprint density at radius 1 is 1.03 bits per heavy atom. The molecule has 1 N–H and O–H groups in total. The van der Waals surface area contributed by atoms with E-state index in [2.05, 4.69) is 5.32 Å². The van der Waals surface area contributed by atoms with Gasteiger partial charge in [0.05, 0.1) is 12.5 Å². The molecule has 0 spiro atoms. The van der Waals surface area contributed by atoms with Gasteiger partial charge in [0, 0.05) is 10.6 Å². The molecule has 6 heteroatoms. The van der Waals surface area contributed by atoms with Gasteiger partial charge >= 0.3 is 5.97 Å². The van der Waals surface area contributed by atoms with Crippen LogP contribution in [-0.4, -0.2) is 24.2 Å². The van der Waals surface area contributed by atoms with Crippen LogP contribution in [0.2, 0.25) is 0 Å². The van der Waals surface area contributed by atoms with Crippen LogP contribution in [0.25, 0.3) is 10.8 Å². The van der Waals surface area contributed by atoms with Gasteiger partial charge in [-0.25, -0.2) is 4.39 Å². The maximum atomic E-state index is 12.9. The van der Waals surface area contributed by atoms with E-state index in [-0.39, 0.29) is 30.8 Å². The van der Waals surface area contributed by atoms with E-state index in [9.17, 15) is 14.0 Å². The molecule has 0 radical (unpaired) electrons. The van der Waals surface area contributed by atoms with Gasteiger partial charge in [0.15, 0.2) is 6.61 Å². The first-order valence-electron chi connectivity index (χ1n) is 9.34. The number of halogens is 1. The van der Waals surface area contributed by atoms with E-state index in [1.54, 1.807) is 12.1 Å². The zero-order valence-corrected chi connectivity index (χ0v) is 16.9. The number of carbonyl (C=O) groups is 2. The van der Waals surface area contributed by atoms with Crippen LogP contribution in [0.4, 0.5) is 4.39 Å². The number of fused-ring (bicyclic) bond motifs is 1. The molecule has 3 rings (SSSR count). The van der Waals surface area contributed by atoms with E-state index in [0.717, 1.165) is 21.2 Å². The maximum absolute atomic E-state index is 12.9. The van der Waals surface area contributed by atoms with Crippen molar-refractivity contribution in [2.24, 2.45) is 0 Å². The lowest BCUT2D eigenvalue weighted by molar-refractivity contribution is -0.148. The van der Waals surface area contributed by atoms with E-state index < -0.39 is 5.97 Å². The highest BCUT2D eigenvalue weighted by atomic mass is 32.2. The second kappa shape index (κ2) is 10.1. The minimum atomic E-state index is -0.437. The van der Waals surface area contributed by atoms with Crippen molar-refractivity contribution in [3.8, 4) is 0 Å². The molecule has 1 unspecified atom stereocenters. The van der Waals surface area contributed by atoms with Gasteiger partial charge in [-0.1, -0.05) is 42.5 Å². The van der Waals surface area contributed by atoms with Crippen LogP contribution in [0.5, 0.6) is 0 Å². The van der Waals surface area contributed by atoms with Crippen LogP contribution in [0.3, 0.4) is 0 Å². The minimum absolute atomic E-state index is 0.175. The smallest absolute Gasteiger partial charge is 0.307 e. The predicted octanol–water partition coefficient (Wildman–Crippen LogP) is 4.88. The number of amides is 1. The zero-order chi connectivity index (χ0) is 20.6. The summed E-state index contributed by atoms with van der Waals surface area (Å²) in [5.41, 5.74) is 1.01. The Hall–Kier alpha value is -2.86. The summed E-state index contributed by atoms with van der Waals surface area (Å²) in [6.45, 7) is 1.59. The third-order valence-corrected chi connectivity index (χ3v) is 5.43. The second-order valence-corrected chi connectivity index (χ2v) is 7.74. The number of thioether (sulfide) groups is 1. The maximum Gasteiger partial charge on any atom is 0.307 e. The first-order chi connectivity index (χ1) is 14.0. The van der Waals surface area contributed by atoms with Crippen LogP contribution in [0, 0.1) is 5.82 Å². The first kappa shape index (κ1) is 20.9. The molecule has 0 aliphatic rings. The van der Waals surface area contributed by atoms with E-state index in [0.29, 0.717) is 5.75 Å². The monoisotopic (exact) mass is 411 g/mol. The van der Waals surface area contributed by atoms with E-state index >= 15 is 0 Å². The van der Waals surface area contributed by atoms with Crippen molar-refractivity contribution in [2.75, 3.05) is 12.4 Å². The predicted molar refractivity (Wildman–Crippen MR) is 113 cm³/mol. The molecule has 29 heavy (non-hydrogen) atoms. The summed E-state index contributed by atoms with van der Waals surface area (Å²) in [6.07, 6.45) is 0.175. The fourth-order valence-corrected chi connectivity index (χ4v) is 3.82. The lowest BCUT2D eigenvalue weighted by Crippen LogP contribution is -2.31. The van der Waals surface area contributed by atoms with Crippen LogP contribution in [0.15, 0.2) is 71.6 Å². The van der Waals surface area contributed by atoms with Gasteiger partial charge in [-0.3, -0.25) is 9.59 Å². The van der Waals surface area contributed by atoms with Crippen LogP contribution < -0.4 is 5.32 Å². The Labute approximate surface area is 173 Å². The van der Waals surface area contributed by atoms with Gasteiger partial charge in [-0.05, 0) is 47.5 Å². The third kappa shape index (κ3) is 6.06. The van der Waals surface area contributed by atoms with Gasteiger partial charge in [0.1, 0.15) is 5.82 Å². The average Bonchev–Trinajstić information content (AvgIpc) is 2.73. The van der Waals surface area contributed by atoms with Crippen molar-refractivity contribution in [1.29, 1.82) is 0 Å². The van der Waals surface area contributed by atoms with Gasteiger partial charge in [0.2, 0.25) is 0 Å². The van der Waals surface area contributed by atoms with E-state index in [1.165, 1.54) is 23.9 Å². The number of ether oxygens (including phenoxy) is 1. The number of carbonyl (C=O) groups excluding carboxylic acids is 2. The molecule has 0 heterocycles. The summed E-state index contributed by atoms with van der Waals surface area (Å²) in [6, 6.07) is 19.8. The molecule has 0 aliphatic heterocycles. The summed E-state index contributed by atoms with van der Waals surface area (Å²) in [5.74, 6) is -0.576. The highest BCUT2D eigenvalue weighted by Crippen LogP contribution is 2.24. The van der Waals surface area contributed by atoms with Gasteiger partial charge < -0.3 is 10.1 Å². The standard InChI is InChI=1S/C23H22FNO3S/c1-16(20-8-4-6-17-5-2-3-7-21(17)20)25-22(26)15-28-23(27)13-14-29-19-11-9-18(24)10-12-19/h2-12,16H,13-15H2,1H3,(H,25,26).